The Labute approximate surface area is 166 Å². The summed E-state index contributed by atoms with van der Waals surface area (Å²) in [5.41, 5.74) is 3.66. The number of nitrogens with zero attached hydrogens (tertiary/aromatic N) is 1. The molecule has 29 heavy (non-hydrogen) atoms. The van der Waals surface area contributed by atoms with Crippen LogP contribution >= 0.6 is 0 Å². The molecule has 1 aliphatic heterocycles. The van der Waals surface area contributed by atoms with Crippen LogP contribution in [0.15, 0.2) is 42.5 Å². The Balaban J connectivity index is 1.68. The van der Waals surface area contributed by atoms with Gasteiger partial charge in [-0.1, -0.05) is 30.7 Å². The van der Waals surface area contributed by atoms with Crippen LogP contribution in [-0.4, -0.2) is 28.5 Å². The van der Waals surface area contributed by atoms with E-state index in [1.165, 1.54) is 12.1 Å². The summed E-state index contributed by atoms with van der Waals surface area (Å²) in [4.78, 5) is 25.4. The van der Waals surface area contributed by atoms with Crippen molar-refractivity contribution in [2.24, 2.45) is 0 Å². The molecule has 1 aliphatic rings. The van der Waals surface area contributed by atoms with Crippen molar-refractivity contribution >= 4 is 11.8 Å². The van der Waals surface area contributed by atoms with E-state index < -0.39 is 17.6 Å². The first kappa shape index (κ1) is 20.9. The molecule has 0 bridgehead atoms. The van der Waals surface area contributed by atoms with E-state index >= 15 is 0 Å². The van der Waals surface area contributed by atoms with E-state index in [1.807, 2.05) is 6.07 Å². The molecule has 0 saturated carbocycles. The number of carbonyl (C=O) groups excluding carboxylic acids is 2. The highest BCUT2D eigenvalue weighted by atomic mass is 19.4. The number of nitrogens with one attached hydrogen (secondary N) is 1. The number of hydroxylamine groups is 1. The second-order valence-corrected chi connectivity index (χ2v) is 6.98. The molecule has 8 heteroatoms. The van der Waals surface area contributed by atoms with Crippen LogP contribution in [0.4, 0.5) is 13.2 Å². The van der Waals surface area contributed by atoms with E-state index in [9.17, 15) is 22.8 Å². The number of hydrogen-bond donors (Lipinski definition) is 2. The van der Waals surface area contributed by atoms with E-state index in [-0.39, 0.29) is 12.3 Å². The molecule has 1 heterocycles. The number of rotatable bonds is 7. The molecular weight excluding hydrogens is 385 g/mol. The Morgan fingerprint density at radius 1 is 1.03 bits per heavy atom. The van der Waals surface area contributed by atoms with Crippen LogP contribution < -0.4 is 5.48 Å². The molecule has 2 aromatic rings. The number of amides is 2. The van der Waals surface area contributed by atoms with Gasteiger partial charge in [-0.3, -0.25) is 14.8 Å². The van der Waals surface area contributed by atoms with Gasteiger partial charge in [-0.25, -0.2) is 5.48 Å². The Kier molecular flexibility index (Phi) is 6.22. The maximum atomic E-state index is 12.8. The molecule has 2 amide bonds. The van der Waals surface area contributed by atoms with Crippen LogP contribution in [-0.2, 0) is 17.5 Å². The van der Waals surface area contributed by atoms with Gasteiger partial charge in [0.15, 0.2) is 0 Å². The van der Waals surface area contributed by atoms with Gasteiger partial charge in [-0.2, -0.15) is 13.2 Å². The van der Waals surface area contributed by atoms with Crippen LogP contribution in [0.3, 0.4) is 0 Å². The summed E-state index contributed by atoms with van der Waals surface area (Å²) in [6.07, 6.45) is -2.10. The predicted octanol–water partition coefficient (Wildman–Crippen LogP) is 4.39. The number of alkyl halides is 3. The lowest BCUT2D eigenvalue weighted by Gasteiger charge is -2.15. The van der Waals surface area contributed by atoms with Crippen molar-refractivity contribution in [3.8, 4) is 11.1 Å². The molecule has 2 N–H and O–H groups in total. The molecule has 5 nitrogen and oxygen atoms in total. The molecular formula is C21H21F3N2O3. The van der Waals surface area contributed by atoms with Crippen LogP contribution in [0.2, 0.25) is 0 Å². The largest absolute Gasteiger partial charge is 0.416 e. The molecule has 0 unspecified atom stereocenters. The van der Waals surface area contributed by atoms with Crippen molar-refractivity contribution in [1.29, 1.82) is 0 Å². The zero-order chi connectivity index (χ0) is 21.0. The fraction of sp³-hybridized carbons (Fsp3) is 0.333. The van der Waals surface area contributed by atoms with E-state index in [2.05, 4.69) is 0 Å². The first-order valence-electron chi connectivity index (χ1n) is 9.33. The summed E-state index contributed by atoms with van der Waals surface area (Å²) in [6.45, 7) is 0.934. The summed E-state index contributed by atoms with van der Waals surface area (Å²) in [6, 6.07) is 10.2. The maximum Gasteiger partial charge on any atom is 0.416 e. The standard InChI is InChI=1S/C21H21F3N2O3/c22-21(23,24)15-10-8-14(9-11-15)16-5-4-6-17-18(16)13-26(20(17)28)12-3-1-2-7-19(27)25-29/h4-6,8-11,29H,1-3,7,12-13H2,(H,25,27). The Morgan fingerprint density at radius 3 is 2.38 bits per heavy atom. The van der Waals surface area contributed by atoms with Gasteiger partial charge in [0.05, 0.1) is 5.56 Å². The van der Waals surface area contributed by atoms with Gasteiger partial charge < -0.3 is 4.90 Å². The fourth-order valence-electron chi connectivity index (χ4n) is 3.50. The molecule has 0 aliphatic carbocycles. The number of halogens is 3. The topological polar surface area (TPSA) is 69.6 Å². The van der Waals surface area contributed by atoms with Crippen LogP contribution in [0.1, 0.15) is 47.2 Å². The third-order valence-corrected chi connectivity index (χ3v) is 5.02. The van der Waals surface area contributed by atoms with Gasteiger partial charge in [-0.05, 0) is 47.7 Å². The molecule has 0 aromatic heterocycles. The molecule has 0 atom stereocenters. The lowest BCUT2D eigenvalue weighted by Crippen LogP contribution is -2.25. The lowest BCUT2D eigenvalue weighted by atomic mass is 9.96. The molecule has 0 spiro atoms. The zero-order valence-electron chi connectivity index (χ0n) is 15.6. The Bertz CT molecular complexity index is 895. The van der Waals surface area contributed by atoms with Crippen molar-refractivity contribution in [1.82, 2.24) is 10.4 Å². The highest BCUT2D eigenvalue weighted by Crippen LogP contribution is 2.35. The van der Waals surface area contributed by atoms with Gasteiger partial charge in [-0.15, -0.1) is 0 Å². The second-order valence-electron chi connectivity index (χ2n) is 6.98. The third-order valence-electron chi connectivity index (χ3n) is 5.02. The smallest absolute Gasteiger partial charge is 0.334 e. The molecule has 2 aromatic carbocycles. The second kappa shape index (κ2) is 8.65. The van der Waals surface area contributed by atoms with Crippen molar-refractivity contribution in [3.05, 3.63) is 59.2 Å². The van der Waals surface area contributed by atoms with E-state index in [1.54, 1.807) is 22.5 Å². The molecule has 154 valence electrons. The first-order chi connectivity index (χ1) is 13.8. The Hall–Kier alpha value is -2.87. The highest BCUT2D eigenvalue weighted by molar-refractivity contribution is 6.00. The van der Waals surface area contributed by atoms with Gasteiger partial charge in [0, 0.05) is 25.1 Å². The summed E-state index contributed by atoms with van der Waals surface area (Å²) < 4.78 is 38.4. The lowest BCUT2D eigenvalue weighted by molar-refractivity contribution is -0.137. The van der Waals surface area contributed by atoms with E-state index in [4.69, 9.17) is 5.21 Å². The van der Waals surface area contributed by atoms with Crippen molar-refractivity contribution in [2.75, 3.05) is 6.54 Å². The number of carbonyl (C=O) groups is 2. The highest BCUT2D eigenvalue weighted by Gasteiger charge is 2.31. The molecule has 0 fully saturated rings. The Morgan fingerprint density at radius 2 is 1.72 bits per heavy atom. The van der Waals surface area contributed by atoms with Crippen LogP contribution in [0.5, 0.6) is 0 Å². The minimum absolute atomic E-state index is 0.0955. The first-order valence-corrected chi connectivity index (χ1v) is 9.33. The third kappa shape index (κ3) is 4.76. The average Bonchev–Trinajstić information content (AvgIpc) is 3.03. The number of unbranched alkanes of at least 4 members (excludes halogenated alkanes) is 2. The minimum Gasteiger partial charge on any atom is -0.334 e. The molecule has 0 radical (unpaired) electrons. The average molecular weight is 406 g/mol. The van der Waals surface area contributed by atoms with Crippen molar-refractivity contribution in [3.63, 3.8) is 0 Å². The van der Waals surface area contributed by atoms with Crippen LogP contribution in [0.25, 0.3) is 11.1 Å². The maximum absolute atomic E-state index is 12.8. The SMILES string of the molecule is O=C(CCCCCN1Cc2c(cccc2-c2ccc(C(F)(F)F)cc2)C1=O)NO. The minimum atomic E-state index is -4.39. The quantitative estimate of drug-likeness (QED) is 0.407. The monoisotopic (exact) mass is 406 g/mol. The summed E-state index contributed by atoms with van der Waals surface area (Å²) in [5, 5.41) is 8.47. The van der Waals surface area contributed by atoms with Gasteiger partial charge in [0.1, 0.15) is 0 Å². The zero-order valence-corrected chi connectivity index (χ0v) is 15.6. The van der Waals surface area contributed by atoms with E-state index in [0.717, 1.165) is 29.7 Å². The van der Waals surface area contributed by atoms with Crippen LogP contribution in [0, 0.1) is 0 Å². The number of hydrogen-bond acceptors (Lipinski definition) is 3. The summed E-state index contributed by atoms with van der Waals surface area (Å²) in [7, 11) is 0. The van der Waals surface area contributed by atoms with Crippen molar-refractivity contribution in [2.45, 2.75) is 38.4 Å². The summed E-state index contributed by atoms with van der Waals surface area (Å²) >= 11 is 0. The van der Waals surface area contributed by atoms with Gasteiger partial charge in [0.25, 0.3) is 5.91 Å². The molecule has 3 rings (SSSR count). The number of benzene rings is 2. The number of fused-ring (bicyclic) bond motifs is 1. The van der Waals surface area contributed by atoms with Gasteiger partial charge >= 0.3 is 6.18 Å². The predicted molar refractivity (Wildman–Crippen MR) is 100 cm³/mol. The van der Waals surface area contributed by atoms with E-state index in [0.29, 0.717) is 37.1 Å². The van der Waals surface area contributed by atoms with Crippen molar-refractivity contribution < 1.29 is 28.0 Å². The fourth-order valence-corrected chi connectivity index (χ4v) is 3.50. The summed E-state index contributed by atoms with van der Waals surface area (Å²) in [5.74, 6) is -0.530. The normalized spacial score (nSPS) is 13.5. The van der Waals surface area contributed by atoms with Gasteiger partial charge in [0.2, 0.25) is 5.91 Å². The molecule has 0 saturated heterocycles.